The number of anilines is 2. The van der Waals surface area contributed by atoms with E-state index in [2.05, 4.69) is 10.6 Å². The summed E-state index contributed by atoms with van der Waals surface area (Å²) in [6, 6.07) is 13.7. The van der Waals surface area contributed by atoms with Crippen LogP contribution in [0.3, 0.4) is 0 Å². The molecule has 0 aliphatic heterocycles. The molecule has 0 aromatic heterocycles. The molecule has 152 valence electrons. The zero-order valence-corrected chi connectivity index (χ0v) is 17.3. The molecule has 2 N–H and O–H groups in total. The number of nitrogens with zero attached hydrogens (tertiary/aromatic N) is 1. The summed E-state index contributed by atoms with van der Waals surface area (Å²) < 4.78 is 32.1. The summed E-state index contributed by atoms with van der Waals surface area (Å²) in [4.78, 5) is 12.5. The molecule has 0 aliphatic carbocycles. The minimum Gasteiger partial charge on any atom is -0.492 e. The van der Waals surface area contributed by atoms with Crippen molar-refractivity contribution in [2.45, 2.75) is 25.7 Å². The summed E-state index contributed by atoms with van der Waals surface area (Å²) in [5.41, 5.74) is 1.15. The van der Waals surface area contributed by atoms with E-state index in [-0.39, 0.29) is 17.3 Å². The highest BCUT2D eigenvalue weighted by atomic mass is 32.2. The van der Waals surface area contributed by atoms with E-state index in [1.54, 1.807) is 44.2 Å². The second kappa shape index (κ2) is 10.1. The Morgan fingerprint density at radius 1 is 1.04 bits per heavy atom. The second-order valence-corrected chi connectivity index (χ2v) is 7.89. The van der Waals surface area contributed by atoms with Gasteiger partial charge in [-0.3, -0.25) is 4.79 Å². The number of para-hydroxylation sites is 2. The van der Waals surface area contributed by atoms with Gasteiger partial charge in [-0.05, 0) is 37.3 Å². The normalized spacial score (nSPS) is 11.3. The lowest BCUT2D eigenvalue weighted by atomic mass is 10.3. The number of hydrogen-bond acceptors (Lipinski definition) is 5. The van der Waals surface area contributed by atoms with E-state index < -0.39 is 10.0 Å². The summed E-state index contributed by atoms with van der Waals surface area (Å²) in [5, 5.41) is 5.76. The van der Waals surface area contributed by atoms with Gasteiger partial charge >= 0.3 is 0 Å². The Balaban J connectivity index is 2.05. The quantitative estimate of drug-likeness (QED) is 0.634. The molecule has 8 heteroatoms. The van der Waals surface area contributed by atoms with E-state index in [1.807, 2.05) is 19.1 Å². The van der Waals surface area contributed by atoms with Gasteiger partial charge in [-0.25, -0.2) is 8.42 Å². The van der Waals surface area contributed by atoms with Gasteiger partial charge < -0.3 is 15.4 Å². The Morgan fingerprint density at radius 3 is 2.43 bits per heavy atom. The highest BCUT2D eigenvalue weighted by Crippen LogP contribution is 2.24. The topological polar surface area (TPSA) is 87.7 Å². The van der Waals surface area contributed by atoms with Crippen LogP contribution in [0, 0.1) is 0 Å². The molecule has 2 aromatic carbocycles. The lowest BCUT2D eigenvalue weighted by molar-refractivity contribution is -0.114. The van der Waals surface area contributed by atoms with Gasteiger partial charge in [-0.2, -0.15) is 4.31 Å². The van der Waals surface area contributed by atoms with Crippen LogP contribution in [-0.4, -0.2) is 44.9 Å². The van der Waals surface area contributed by atoms with Gasteiger partial charge in [0.2, 0.25) is 15.9 Å². The Kier molecular flexibility index (Phi) is 7.83. The summed E-state index contributed by atoms with van der Waals surface area (Å²) in [7, 11) is -3.55. The maximum absolute atomic E-state index is 12.6. The molecule has 1 amide bonds. The second-order valence-electron chi connectivity index (χ2n) is 5.95. The predicted octanol–water partition coefficient (Wildman–Crippen LogP) is 3.17. The third-order valence-electron chi connectivity index (χ3n) is 4.09. The first kappa shape index (κ1) is 21.7. The van der Waals surface area contributed by atoms with Gasteiger partial charge in [0.25, 0.3) is 0 Å². The minimum atomic E-state index is -3.55. The van der Waals surface area contributed by atoms with Crippen LogP contribution < -0.4 is 15.4 Å². The lowest BCUT2D eigenvalue weighted by Gasteiger charge is -2.19. The fourth-order valence-corrected chi connectivity index (χ4v) is 4.21. The van der Waals surface area contributed by atoms with Gasteiger partial charge in [-0.15, -0.1) is 0 Å². The van der Waals surface area contributed by atoms with Crippen molar-refractivity contribution in [1.29, 1.82) is 0 Å². The number of hydrogen-bond donors (Lipinski definition) is 2. The minimum absolute atomic E-state index is 0.00473. The van der Waals surface area contributed by atoms with E-state index in [0.717, 1.165) is 0 Å². The molecule has 0 fully saturated rings. The lowest BCUT2D eigenvalue weighted by Crippen LogP contribution is -2.30. The number of rotatable bonds is 10. The van der Waals surface area contributed by atoms with Crippen molar-refractivity contribution >= 4 is 27.3 Å². The Labute approximate surface area is 166 Å². The number of nitrogens with one attached hydrogen (secondary N) is 2. The monoisotopic (exact) mass is 405 g/mol. The molecule has 0 heterocycles. The van der Waals surface area contributed by atoms with Gasteiger partial charge in [0.05, 0.1) is 23.7 Å². The van der Waals surface area contributed by atoms with Crippen molar-refractivity contribution < 1.29 is 17.9 Å². The zero-order chi connectivity index (χ0) is 20.6. The van der Waals surface area contributed by atoms with Gasteiger partial charge in [-0.1, -0.05) is 32.0 Å². The standard InChI is InChI=1S/C20H27N3O4S/c1-4-23(5-2)28(25,26)17-11-9-10-16(14-17)21-15-20(24)22-18-12-7-8-13-19(18)27-6-3/h7-14,21H,4-6,15H2,1-3H3,(H,22,24). The highest BCUT2D eigenvalue weighted by Gasteiger charge is 2.21. The molecule has 0 radical (unpaired) electrons. The van der Waals surface area contributed by atoms with Crippen molar-refractivity contribution in [2.75, 3.05) is 36.9 Å². The van der Waals surface area contributed by atoms with Gasteiger partial charge in [0.1, 0.15) is 5.75 Å². The van der Waals surface area contributed by atoms with Crippen molar-refractivity contribution in [1.82, 2.24) is 4.31 Å². The van der Waals surface area contributed by atoms with Gasteiger partial charge in [0.15, 0.2) is 0 Å². The first-order valence-corrected chi connectivity index (χ1v) is 10.7. The number of sulfonamides is 1. The predicted molar refractivity (Wildman–Crippen MR) is 111 cm³/mol. The van der Waals surface area contributed by atoms with E-state index in [1.165, 1.54) is 10.4 Å². The number of carbonyl (C=O) groups excluding carboxylic acids is 1. The summed E-state index contributed by atoms with van der Waals surface area (Å²) in [5.74, 6) is 0.342. The molecule has 7 nitrogen and oxygen atoms in total. The molecule has 0 aliphatic rings. The van der Waals surface area contributed by atoms with Crippen LogP contribution in [0.2, 0.25) is 0 Å². The first-order valence-electron chi connectivity index (χ1n) is 9.28. The fraction of sp³-hybridized carbons (Fsp3) is 0.350. The van der Waals surface area contributed by atoms with Gasteiger partial charge in [0, 0.05) is 18.8 Å². The van der Waals surface area contributed by atoms with Crippen LogP contribution in [0.5, 0.6) is 5.75 Å². The molecular formula is C20H27N3O4S. The third kappa shape index (κ3) is 5.46. The molecule has 0 saturated carbocycles. The summed E-state index contributed by atoms with van der Waals surface area (Å²) >= 11 is 0. The smallest absolute Gasteiger partial charge is 0.243 e. The Bertz CT molecular complexity index is 896. The molecule has 0 spiro atoms. The van der Waals surface area contributed by atoms with Crippen LogP contribution >= 0.6 is 0 Å². The van der Waals surface area contributed by atoms with E-state index >= 15 is 0 Å². The SMILES string of the molecule is CCOc1ccccc1NC(=O)CNc1cccc(S(=O)(=O)N(CC)CC)c1. The summed E-state index contributed by atoms with van der Waals surface area (Å²) in [6.07, 6.45) is 0. The number of amides is 1. The van der Waals surface area contributed by atoms with Crippen LogP contribution in [0.15, 0.2) is 53.4 Å². The number of benzene rings is 2. The first-order chi connectivity index (χ1) is 13.4. The Morgan fingerprint density at radius 2 is 1.75 bits per heavy atom. The molecule has 0 unspecified atom stereocenters. The maximum atomic E-state index is 12.6. The molecule has 0 saturated heterocycles. The molecule has 2 rings (SSSR count). The third-order valence-corrected chi connectivity index (χ3v) is 6.14. The summed E-state index contributed by atoms with van der Waals surface area (Å²) in [6.45, 7) is 6.77. The van der Waals surface area contributed by atoms with Crippen LogP contribution in [0.1, 0.15) is 20.8 Å². The van der Waals surface area contributed by atoms with Crippen molar-refractivity contribution in [2.24, 2.45) is 0 Å². The molecule has 28 heavy (non-hydrogen) atoms. The van der Waals surface area contributed by atoms with Crippen molar-refractivity contribution in [3.05, 3.63) is 48.5 Å². The average Bonchev–Trinajstić information content (AvgIpc) is 2.69. The van der Waals surface area contributed by atoms with Crippen molar-refractivity contribution in [3.63, 3.8) is 0 Å². The Hall–Kier alpha value is -2.58. The van der Waals surface area contributed by atoms with Crippen LogP contribution in [-0.2, 0) is 14.8 Å². The van der Waals surface area contributed by atoms with E-state index in [0.29, 0.717) is 36.8 Å². The average molecular weight is 406 g/mol. The molecular weight excluding hydrogens is 378 g/mol. The molecule has 0 atom stereocenters. The number of ether oxygens (including phenoxy) is 1. The van der Waals surface area contributed by atoms with Crippen LogP contribution in [0.4, 0.5) is 11.4 Å². The van der Waals surface area contributed by atoms with Crippen LogP contribution in [0.25, 0.3) is 0 Å². The fourth-order valence-electron chi connectivity index (χ4n) is 2.71. The van der Waals surface area contributed by atoms with E-state index in [9.17, 15) is 13.2 Å². The van der Waals surface area contributed by atoms with E-state index in [4.69, 9.17) is 4.74 Å². The van der Waals surface area contributed by atoms with Crippen molar-refractivity contribution in [3.8, 4) is 5.75 Å². The number of carbonyl (C=O) groups is 1. The maximum Gasteiger partial charge on any atom is 0.243 e. The largest absolute Gasteiger partial charge is 0.492 e. The molecule has 0 bridgehead atoms. The molecule has 2 aromatic rings. The zero-order valence-electron chi connectivity index (χ0n) is 16.4. The highest BCUT2D eigenvalue weighted by molar-refractivity contribution is 7.89.